The largest absolute Gasteiger partial charge is 0.461 e. The van der Waals surface area contributed by atoms with Crippen molar-refractivity contribution in [2.45, 2.75) is 10.2 Å². The van der Waals surface area contributed by atoms with Crippen molar-refractivity contribution in [3.63, 3.8) is 0 Å². The van der Waals surface area contributed by atoms with E-state index >= 15 is 0 Å². The van der Waals surface area contributed by atoms with Crippen LogP contribution >= 0.6 is 11.8 Å². The molecule has 0 spiro atoms. The maximum atomic E-state index is 9.06. The summed E-state index contributed by atoms with van der Waals surface area (Å²) in [6, 6.07) is 9.18. The van der Waals surface area contributed by atoms with Gasteiger partial charge in [-0.25, -0.2) is 4.98 Å². The fourth-order valence-corrected chi connectivity index (χ4v) is 2.48. The average molecular weight is 283 g/mol. The number of nitriles is 1. The fourth-order valence-electron chi connectivity index (χ4n) is 1.67. The van der Waals surface area contributed by atoms with E-state index in [2.05, 4.69) is 21.3 Å². The number of pyridine rings is 1. The van der Waals surface area contributed by atoms with Crippen molar-refractivity contribution in [1.29, 1.82) is 5.26 Å². The van der Waals surface area contributed by atoms with Crippen molar-refractivity contribution in [2.75, 3.05) is 0 Å². The van der Waals surface area contributed by atoms with Crippen molar-refractivity contribution in [3.8, 4) is 17.7 Å². The molecule has 3 heterocycles. The Balaban J connectivity index is 1.95. The maximum absolute atomic E-state index is 9.06. The monoisotopic (exact) mass is 283 g/mol. The molecule has 3 rings (SSSR count). The molecule has 0 aliphatic carbocycles. The Bertz CT molecular complexity index is 772. The minimum absolute atomic E-state index is 0.514. The first kappa shape index (κ1) is 12.4. The first-order valence-corrected chi connectivity index (χ1v) is 6.57. The highest BCUT2D eigenvalue weighted by Gasteiger charge is 2.15. The highest BCUT2D eigenvalue weighted by atomic mass is 32.2. The van der Waals surface area contributed by atoms with Crippen molar-refractivity contribution >= 4 is 11.8 Å². The van der Waals surface area contributed by atoms with Crippen LogP contribution in [0.3, 0.4) is 0 Å². The van der Waals surface area contributed by atoms with Gasteiger partial charge in [0, 0.05) is 13.2 Å². The quantitative estimate of drug-likeness (QED) is 0.734. The summed E-state index contributed by atoms with van der Waals surface area (Å²) in [6.45, 7) is 0. The molecule has 0 bridgehead atoms. The molecule has 98 valence electrons. The molecule has 0 atom stereocenters. The zero-order valence-corrected chi connectivity index (χ0v) is 11.3. The molecule has 3 aromatic rings. The summed E-state index contributed by atoms with van der Waals surface area (Å²) >= 11 is 1.30. The van der Waals surface area contributed by atoms with Crippen LogP contribution in [0.25, 0.3) is 11.6 Å². The summed E-state index contributed by atoms with van der Waals surface area (Å²) < 4.78 is 7.11. The van der Waals surface area contributed by atoms with Crippen LogP contribution in [-0.4, -0.2) is 19.7 Å². The first-order chi connectivity index (χ1) is 9.79. The summed E-state index contributed by atoms with van der Waals surface area (Å²) in [4.78, 5) is 4.19. The van der Waals surface area contributed by atoms with Crippen molar-refractivity contribution in [1.82, 2.24) is 19.7 Å². The van der Waals surface area contributed by atoms with E-state index in [4.69, 9.17) is 9.68 Å². The minimum atomic E-state index is 0.514. The van der Waals surface area contributed by atoms with Crippen LogP contribution < -0.4 is 0 Å². The molecule has 0 amide bonds. The van der Waals surface area contributed by atoms with E-state index in [-0.39, 0.29) is 0 Å². The lowest BCUT2D eigenvalue weighted by Crippen LogP contribution is -1.95. The number of nitrogens with zero attached hydrogens (tertiary/aromatic N) is 5. The van der Waals surface area contributed by atoms with Gasteiger partial charge in [-0.3, -0.25) is 0 Å². The fraction of sp³-hybridized carbons (Fsp3) is 0.0769. The minimum Gasteiger partial charge on any atom is -0.461 e. The molecule has 0 fully saturated rings. The molecule has 6 nitrogen and oxygen atoms in total. The molecule has 0 aliphatic heterocycles. The van der Waals surface area contributed by atoms with Gasteiger partial charge in [0.05, 0.1) is 11.8 Å². The van der Waals surface area contributed by atoms with Gasteiger partial charge in [0.25, 0.3) is 0 Å². The third-order valence-electron chi connectivity index (χ3n) is 2.66. The molecule has 20 heavy (non-hydrogen) atoms. The van der Waals surface area contributed by atoms with Crippen LogP contribution in [0.1, 0.15) is 5.56 Å². The normalized spacial score (nSPS) is 10.4. The van der Waals surface area contributed by atoms with Crippen molar-refractivity contribution in [2.24, 2.45) is 7.05 Å². The van der Waals surface area contributed by atoms with Crippen molar-refractivity contribution in [3.05, 3.63) is 42.3 Å². The highest BCUT2D eigenvalue weighted by molar-refractivity contribution is 7.99. The smallest absolute Gasteiger partial charge is 0.200 e. The number of furan rings is 1. The number of rotatable bonds is 3. The molecule has 0 radical (unpaired) electrons. The molecule has 0 aliphatic rings. The topological polar surface area (TPSA) is 80.5 Å². The first-order valence-electron chi connectivity index (χ1n) is 5.76. The molecular formula is C13H9N5OS. The third kappa shape index (κ3) is 2.17. The molecule has 3 aromatic heterocycles. The average Bonchev–Trinajstić information content (AvgIpc) is 3.10. The standard InChI is InChI=1S/C13H9N5OS/c1-18-11(10-5-3-7-19-10)16-17-13(18)20-12-9(8-14)4-2-6-15-12/h2-7H,1H3. The van der Waals surface area contributed by atoms with Gasteiger partial charge >= 0.3 is 0 Å². The van der Waals surface area contributed by atoms with Crippen LogP contribution in [0.15, 0.2) is 51.3 Å². The summed E-state index contributed by atoms with van der Waals surface area (Å²) in [5, 5.41) is 18.5. The van der Waals surface area contributed by atoms with E-state index in [9.17, 15) is 0 Å². The Morgan fingerprint density at radius 1 is 1.30 bits per heavy atom. The summed E-state index contributed by atoms with van der Waals surface area (Å²) in [5.74, 6) is 1.28. The molecule has 0 N–H and O–H groups in total. The number of hydrogen-bond donors (Lipinski definition) is 0. The van der Waals surface area contributed by atoms with Gasteiger partial charge in [0.1, 0.15) is 11.1 Å². The zero-order valence-electron chi connectivity index (χ0n) is 10.5. The SMILES string of the molecule is Cn1c(Sc2ncccc2C#N)nnc1-c1ccco1. The van der Waals surface area contributed by atoms with E-state index in [1.54, 1.807) is 35.2 Å². The molecule has 0 saturated heterocycles. The van der Waals surface area contributed by atoms with Gasteiger partial charge in [-0.15, -0.1) is 10.2 Å². The second kappa shape index (κ2) is 5.19. The predicted octanol–water partition coefficient (Wildman–Crippen LogP) is 2.49. The lowest BCUT2D eigenvalue weighted by Gasteiger charge is -2.02. The van der Waals surface area contributed by atoms with Crippen LogP contribution in [0.4, 0.5) is 0 Å². The molecule has 0 saturated carbocycles. The Hall–Kier alpha value is -2.59. The number of hydrogen-bond acceptors (Lipinski definition) is 6. The van der Waals surface area contributed by atoms with Gasteiger partial charge in [-0.2, -0.15) is 5.26 Å². The van der Waals surface area contributed by atoms with Gasteiger partial charge in [0.15, 0.2) is 16.7 Å². The second-order valence-electron chi connectivity index (χ2n) is 3.91. The molecule has 0 unspecified atom stereocenters. The Labute approximate surface area is 119 Å². The van der Waals surface area contributed by atoms with Crippen LogP contribution in [-0.2, 0) is 7.05 Å². The van der Waals surface area contributed by atoms with Crippen LogP contribution in [0.5, 0.6) is 0 Å². The van der Waals surface area contributed by atoms with Crippen LogP contribution in [0, 0.1) is 11.3 Å². The second-order valence-corrected chi connectivity index (χ2v) is 4.87. The highest BCUT2D eigenvalue weighted by Crippen LogP contribution is 2.29. The van der Waals surface area contributed by atoms with Gasteiger partial charge in [-0.1, -0.05) is 0 Å². The molecule has 0 aromatic carbocycles. The summed E-state index contributed by atoms with van der Waals surface area (Å²) in [5.41, 5.74) is 0.514. The molecular weight excluding hydrogens is 274 g/mol. The van der Waals surface area contributed by atoms with Crippen molar-refractivity contribution < 1.29 is 4.42 Å². The van der Waals surface area contributed by atoms with Gasteiger partial charge in [-0.05, 0) is 36.0 Å². The van der Waals surface area contributed by atoms with E-state index < -0.39 is 0 Å². The predicted molar refractivity (Wildman–Crippen MR) is 71.8 cm³/mol. The van der Waals surface area contributed by atoms with Gasteiger partial charge in [0.2, 0.25) is 0 Å². The Morgan fingerprint density at radius 2 is 2.20 bits per heavy atom. The lowest BCUT2D eigenvalue weighted by molar-refractivity contribution is 0.572. The van der Waals surface area contributed by atoms with Crippen LogP contribution in [0.2, 0.25) is 0 Å². The maximum Gasteiger partial charge on any atom is 0.200 e. The molecule has 7 heteroatoms. The Kier molecular flexibility index (Phi) is 3.23. The van der Waals surface area contributed by atoms with E-state index in [0.29, 0.717) is 27.3 Å². The lowest BCUT2D eigenvalue weighted by atomic mass is 10.3. The van der Waals surface area contributed by atoms with Gasteiger partial charge < -0.3 is 8.98 Å². The summed E-state index contributed by atoms with van der Waals surface area (Å²) in [7, 11) is 1.84. The third-order valence-corrected chi connectivity index (χ3v) is 3.71. The summed E-state index contributed by atoms with van der Waals surface area (Å²) in [6.07, 6.45) is 3.23. The Morgan fingerprint density at radius 3 is 2.95 bits per heavy atom. The number of aromatic nitrogens is 4. The zero-order chi connectivity index (χ0) is 13.9. The van der Waals surface area contributed by atoms with E-state index in [0.717, 1.165) is 0 Å². The van der Waals surface area contributed by atoms with E-state index in [1.165, 1.54) is 11.8 Å². The van der Waals surface area contributed by atoms with E-state index in [1.807, 2.05) is 13.1 Å².